The third-order valence-electron chi connectivity index (χ3n) is 4.49. The molecule has 0 saturated carbocycles. The number of nitrogens with zero attached hydrogens (tertiary/aromatic N) is 4. The number of primary sulfonamides is 1. The molecule has 0 radical (unpaired) electrons. The molecule has 16 heteroatoms. The van der Waals surface area contributed by atoms with Gasteiger partial charge in [-0.15, -0.1) is 10.2 Å². The number of nitrogens with two attached hydrogens (primary N) is 1. The SMILES string of the molecule is NS(=O)(=O)c1c(F)c(-c2nncs2)cc(Cl)c1Oc1cc(F)c(C(F)(F)F)cc1-c1ccnnc1. The van der Waals surface area contributed by atoms with Gasteiger partial charge >= 0.3 is 6.18 Å². The van der Waals surface area contributed by atoms with E-state index in [9.17, 15) is 26.0 Å². The van der Waals surface area contributed by atoms with Gasteiger partial charge in [-0.2, -0.15) is 23.4 Å². The summed E-state index contributed by atoms with van der Waals surface area (Å²) in [5.41, 5.74) is -1.11. The third-order valence-corrected chi connectivity index (χ3v) is 6.43. The monoisotopic (exact) mass is 549 g/mol. The molecule has 0 amide bonds. The van der Waals surface area contributed by atoms with Gasteiger partial charge in [-0.25, -0.2) is 22.3 Å². The molecule has 0 atom stereocenters. The Morgan fingerprint density at radius 3 is 2.37 bits per heavy atom. The average molecular weight is 550 g/mol. The summed E-state index contributed by atoms with van der Waals surface area (Å²) in [5, 5.41) is 18.9. The van der Waals surface area contributed by atoms with Crippen molar-refractivity contribution in [2.24, 2.45) is 5.14 Å². The number of alkyl halides is 3. The summed E-state index contributed by atoms with van der Waals surface area (Å²) in [4.78, 5) is -1.21. The molecule has 182 valence electrons. The van der Waals surface area contributed by atoms with E-state index in [1.54, 1.807) is 0 Å². The molecular weight excluding hydrogens is 541 g/mol. The van der Waals surface area contributed by atoms with Crippen molar-refractivity contribution in [3.63, 3.8) is 0 Å². The maximum absolute atomic E-state index is 15.3. The first-order chi connectivity index (χ1) is 16.4. The van der Waals surface area contributed by atoms with Crippen molar-refractivity contribution < 1.29 is 35.1 Å². The molecule has 4 rings (SSSR count). The number of hydrogen-bond acceptors (Lipinski definition) is 8. The Morgan fingerprint density at radius 2 is 1.80 bits per heavy atom. The second-order valence-electron chi connectivity index (χ2n) is 6.73. The fraction of sp³-hybridized carbons (Fsp3) is 0.0526. The molecule has 2 N–H and O–H groups in total. The van der Waals surface area contributed by atoms with Crippen LogP contribution in [-0.4, -0.2) is 28.8 Å². The molecule has 0 saturated heterocycles. The second kappa shape index (κ2) is 9.07. The molecule has 35 heavy (non-hydrogen) atoms. The lowest BCUT2D eigenvalue weighted by Crippen LogP contribution is -2.16. The highest BCUT2D eigenvalue weighted by molar-refractivity contribution is 7.89. The van der Waals surface area contributed by atoms with Crippen LogP contribution in [0.5, 0.6) is 11.5 Å². The summed E-state index contributed by atoms with van der Waals surface area (Å²) in [6.07, 6.45) is -2.87. The van der Waals surface area contributed by atoms with Gasteiger partial charge in [0, 0.05) is 17.2 Å². The third kappa shape index (κ3) is 4.93. The number of rotatable bonds is 5. The Labute approximate surface area is 202 Å². The zero-order valence-electron chi connectivity index (χ0n) is 16.7. The molecule has 0 aliphatic rings. The normalized spacial score (nSPS) is 12.1. The minimum atomic E-state index is -5.07. The first-order valence-corrected chi connectivity index (χ1v) is 11.9. The molecule has 0 spiro atoms. The van der Waals surface area contributed by atoms with Gasteiger partial charge in [-0.3, -0.25) is 0 Å². The molecule has 0 unspecified atom stereocenters. The van der Waals surface area contributed by atoms with Gasteiger partial charge in [0.05, 0.1) is 28.5 Å². The fourth-order valence-electron chi connectivity index (χ4n) is 3.02. The van der Waals surface area contributed by atoms with Crippen LogP contribution in [0.4, 0.5) is 22.0 Å². The molecule has 8 nitrogen and oxygen atoms in total. The van der Waals surface area contributed by atoms with Gasteiger partial charge < -0.3 is 4.74 Å². The number of halogens is 6. The lowest BCUT2D eigenvalue weighted by atomic mass is 10.0. The largest absolute Gasteiger partial charge is 0.453 e. The Morgan fingerprint density at radius 1 is 1.06 bits per heavy atom. The van der Waals surface area contributed by atoms with E-state index in [0.29, 0.717) is 12.1 Å². The maximum Gasteiger partial charge on any atom is 0.419 e. The zero-order valence-corrected chi connectivity index (χ0v) is 19.1. The summed E-state index contributed by atoms with van der Waals surface area (Å²) < 4.78 is 99.7. The fourth-order valence-corrected chi connectivity index (χ4v) is 4.66. The van der Waals surface area contributed by atoms with Crippen molar-refractivity contribution in [1.29, 1.82) is 0 Å². The van der Waals surface area contributed by atoms with Gasteiger partial charge in [0.2, 0.25) is 10.0 Å². The van der Waals surface area contributed by atoms with Crippen molar-refractivity contribution in [1.82, 2.24) is 20.4 Å². The van der Waals surface area contributed by atoms with E-state index in [1.807, 2.05) is 0 Å². The van der Waals surface area contributed by atoms with Crippen LogP contribution in [0.1, 0.15) is 5.56 Å². The van der Waals surface area contributed by atoms with E-state index in [1.165, 1.54) is 11.6 Å². The van der Waals surface area contributed by atoms with Crippen LogP contribution in [0.25, 0.3) is 21.7 Å². The molecule has 2 aromatic heterocycles. The second-order valence-corrected chi connectivity index (χ2v) is 9.46. The van der Waals surface area contributed by atoms with Crippen LogP contribution in [0.2, 0.25) is 5.02 Å². The van der Waals surface area contributed by atoms with E-state index < -0.39 is 54.8 Å². The van der Waals surface area contributed by atoms with Crippen LogP contribution >= 0.6 is 22.9 Å². The van der Waals surface area contributed by atoms with Crippen molar-refractivity contribution in [3.8, 4) is 33.2 Å². The van der Waals surface area contributed by atoms with Crippen molar-refractivity contribution in [2.45, 2.75) is 11.1 Å². The zero-order chi connectivity index (χ0) is 25.5. The van der Waals surface area contributed by atoms with Gasteiger partial charge in [0.1, 0.15) is 17.1 Å². The summed E-state index contributed by atoms with van der Waals surface area (Å²) in [6, 6.07) is 3.00. The van der Waals surface area contributed by atoms with E-state index >= 15 is 4.39 Å². The highest BCUT2D eigenvalue weighted by atomic mass is 35.5. The average Bonchev–Trinajstić information content (AvgIpc) is 3.29. The smallest absolute Gasteiger partial charge is 0.419 e. The van der Waals surface area contributed by atoms with Gasteiger partial charge in [-0.05, 0) is 18.2 Å². The van der Waals surface area contributed by atoms with Crippen molar-refractivity contribution >= 4 is 33.0 Å². The lowest BCUT2D eigenvalue weighted by molar-refractivity contribution is -0.139. The number of hydrogen-bond donors (Lipinski definition) is 1. The Bertz CT molecular complexity index is 1520. The number of benzene rings is 2. The molecular formula is C19H9ClF5N5O3S2. The van der Waals surface area contributed by atoms with Crippen LogP contribution in [-0.2, 0) is 16.2 Å². The Balaban J connectivity index is 1.97. The minimum Gasteiger partial charge on any atom is -0.453 e. The van der Waals surface area contributed by atoms with E-state index in [-0.39, 0.29) is 21.7 Å². The summed E-state index contributed by atoms with van der Waals surface area (Å²) in [6.45, 7) is 0. The van der Waals surface area contributed by atoms with Crippen LogP contribution in [0, 0.1) is 11.6 Å². The number of ether oxygens (including phenoxy) is 1. The first-order valence-electron chi connectivity index (χ1n) is 9.05. The molecule has 0 aliphatic carbocycles. The Hall–Kier alpha value is -3.27. The van der Waals surface area contributed by atoms with Gasteiger partial charge in [0.25, 0.3) is 0 Å². The predicted molar refractivity (Wildman–Crippen MR) is 114 cm³/mol. The maximum atomic E-state index is 15.3. The number of aromatic nitrogens is 4. The summed E-state index contributed by atoms with van der Waals surface area (Å²) >= 11 is 7.04. The molecule has 0 fully saturated rings. The number of sulfonamides is 1. The van der Waals surface area contributed by atoms with Crippen LogP contribution in [0.15, 0.2) is 47.1 Å². The highest BCUT2D eigenvalue weighted by Crippen LogP contribution is 2.45. The predicted octanol–water partition coefficient (Wildman–Crippen LogP) is 5.05. The van der Waals surface area contributed by atoms with Crippen LogP contribution < -0.4 is 9.88 Å². The summed E-state index contributed by atoms with van der Waals surface area (Å²) in [5.74, 6) is -4.64. The van der Waals surface area contributed by atoms with Gasteiger partial charge in [0.15, 0.2) is 21.5 Å². The van der Waals surface area contributed by atoms with Crippen LogP contribution in [0.3, 0.4) is 0 Å². The van der Waals surface area contributed by atoms with Crippen molar-refractivity contribution in [3.05, 3.63) is 64.4 Å². The summed E-state index contributed by atoms with van der Waals surface area (Å²) in [7, 11) is -4.86. The van der Waals surface area contributed by atoms with Crippen molar-refractivity contribution in [2.75, 3.05) is 0 Å². The molecule has 2 aromatic carbocycles. The minimum absolute atomic E-state index is 0.000250. The Kier molecular flexibility index (Phi) is 6.44. The van der Waals surface area contributed by atoms with Gasteiger partial charge in [-0.1, -0.05) is 22.9 Å². The standard InChI is InChI=1S/C19H9ClF5N5O3S2/c20-12-4-10(18-30-29-7-34-18)15(22)17(35(26,31)32)16(12)33-14-5-13(21)11(19(23,24)25)3-9(14)8-1-2-27-28-6-8/h1-7H,(H2,26,31,32). The van der Waals surface area contributed by atoms with E-state index in [2.05, 4.69) is 20.4 Å². The van der Waals surface area contributed by atoms with E-state index in [4.69, 9.17) is 21.5 Å². The molecule has 0 bridgehead atoms. The lowest BCUT2D eigenvalue weighted by Gasteiger charge is -2.18. The molecule has 2 heterocycles. The highest BCUT2D eigenvalue weighted by Gasteiger charge is 2.36. The van der Waals surface area contributed by atoms with E-state index in [0.717, 1.165) is 29.8 Å². The topological polar surface area (TPSA) is 121 Å². The molecule has 0 aliphatic heterocycles. The quantitative estimate of drug-likeness (QED) is 0.346. The molecule has 4 aromatic rings. The first kappa shape index (κ1) is 24.8.